The fourth-order valence-corrected chi connectivity index (χ4v) is 2.58. The van der Waals surface area contributed by atoms with Crippen molar-refractivity contribution in [1.82, 2.24) is 0 Å². The molecule has 0 aliphatic rings. The number of alkyl halides is 1. The molecule has 0 aliphatic heterocycles. The molecule has 0 aliphatic carbocycles. The third-order valence-electron chi connectivity index (χ3n) is 3.20. The van der Waals surface area contributed by atoms with Crippen LogP contribution >= 0.6 is 15.9 Å². The Morgan fingerprint density at radius 1 is 1.27 bits per heavy atom. The average molecular weight is 269 g/mol. The lowest BCUT2D eigenvalue weighted by molar-refractivity contribution is 0.475. The first kappa shape index (κ1) is 12.8. The number of halogens is 1. The van der Waals surface area contributed by atoms with Gasteiger partial charge in [-0.3, -0.25) is 0 Å². The summed E-state index contributed by atoms with van der Waals surface area (Å²) < 4.78 is 0. The van der Waals surface area contributed by atoms with Crippen LogP contribution in [0.2, 0.25) is 0 Å². The van der Waals surface area contributed by atoms with Crippen LogP contribution < -0.4 is 0 Å². The van der Waals surface area contributed by atoms with E-state index in [-0.39, 0.29) is 0 Å². The third-order valence-corrected chi connectivity index (χ3v) is 3.98. The van der Waals surface area contributed by atoms with Gasteiger partial charge in [0.1, 0.15) is 0 Å². The summed E-state index contributed by atoms with van der Waals surface area (Å²) >= 11 is 3.64. The van der Waals surface area contributed by atoms with Gasteiger partial charge in [-0.1, -0.05) is 60.5 Å². The van der Waals surface area contributed by atoms with Gasteiger partial charge in [0.25, 0.3) is 0 Å². The van der Waals surface area contributed by atoms with Gasteiger partial charge in [0, 0.05) is 5.33 Å². The third kappa shape index (κ3) is 3.64. The fourth-order valence-electron chi connectivity index (χ4n) is 1.97. The van der Waals surface area contributed by atoms with Crippen LogP contribution in [0.5, 0.6) is 0 Å². The molecule has 0 saturated carbocycles. The lowest BCUT2D eigenvalue weighted by Crippen LogP contribution is -2.07. The summed E-state index contributed by atoms with van der Waals surface area (Å²) in [5, 5.41) is 1.07. The number of aryl methyl sites for hydroxylation is 1. The van der Waals surface area contributed by atoms with Crippen LogP contribution in [0.1, 0.15) is 43.7 Å². The van der Waals surface area contributed by atoms with Gasteiger partial charge < -0.3 is 0 Å². The van der Waals surface area contributed by atoms with Crippen molar-refractivity contribution in [1.29, 1.82) is 0 Å². The Balaban J connectivity index is 2.78. The lowest BCUT2D eigenvalue weighted by atomic mass is 9.88. The highest BCUT2D eigenvalue weighted by Crippen LogP contribution is 2.29. The minimum absolute atomic E-state index is 0.668. The predicted molar refractivity (Wildman–Crippen MR) is 71.8 cm³/mol. The van der Waals surface area contributed by atoms with Crippen LogP contribution in [0.15, 0.2) is 24.3 Å². The highest BCUT2D eigenvalue weighted by atomic mass is 79.9. The van der Waals surface area contributed by atoms with Crippen molar-refractivity contribution in [3.8, 4) is 0 Å². The van der Waals surface area contributed by atoms with E-state index < -0.39 is 0 Å². The molecule has 0 heterocycles. The SMILES string of the molecule is CCC(C)CC(CBr)c1ccccc1C. The van der Waals surface area contributed by atoms with Crippen LogP contribution in [0.3, 0.4) is 0 Å². The van der Waals surface area contributed by atoms with Gasteiger partial charge in [-0.05, 0) is 36.3 Å². The summed E-state index contributed by atoms with van der Waals surface area (Å²) in [6.07, 6.45) is 2.56. The smallest absolute Gasteiger partial charge is 0.0100 e. The first-order valence-electron chi connectivity index (χ1n) is 5.80. The molecule has 0 nitrogen and oxygen atoms in total. The largest absolute Gasteiger partial charge is 0.0921 e. The topological polar surface area (TPSA) is 0 Å². The van der Waals surface area contributed by atoms with Gasteiger partial charge >= 0.3 is 0 Å². The van der Waals surface area contributed by atoms with E-state index in [1.807, 2.05) is 0 Å². The van der Waals surface area contributed by atoms with Crippen molar-refractivity contribution in [3.05, 3.63) is 35.4 Å². The Morgan fingerprint density at radius 3 is 2.47 bits per heavy atom. The summed E-state index contributed by atoms with van der Waals surface area (Å²) in [6, 6.07) is 8.74. The minimum Gasteiger partial charge on any atom is -0.0921 e. The Hall–Kier alpha value is -0.300. The van der Waals surface area contributed by atoms with E-state index in [1.165, 1.54) is 24.0 Å². The molecule has 1 aromatic carbocycles. The van der Waals surface area contributed by atoms with E-state index in [0.717, 1.165) is 11.2 Å². The van der Waals surface area contributed by atoms with Gasteiger partial charge in [-0.15, -0.1) is 0 Å². The average Bonchev–Trinajstić information content (AvgIpc) is 2.26. The molecule has 0 saturated heterocycles. The molecule has 0 spiro atoms. The number of benzene rings is 1. The van der Waals surface area contributed by atoms with Crippen molar-refractivity contribution in [2.45, 2.75) is 39.5 Å². The first-order chi connectivity index (χ1) is 7.19. The molecular weight excluding hydrogens is 248 g/mol. The van der Waals surface area contributed by atoms with Gasteiger partial charge in [0.15, 0.2) is 0 Å². The molecule has 2 unspecified atom stereocenters. The summed E-state index contributed by atoms with van der Waals surface area (Å²) in [4.78, 5) is 0. The predicted octanol–water partition coefficient (Wildman–Crippen LogP) is 4.91. The van der Waals surface area contributed by atoms with E-state index in [9.17, 15) is 0 Å². The second kappa shape index (κ2) is 6.32. The maximum Gasteiger partial charge on any atom is 0.0100 e. The number of rotatable bonds is 5. The highest BCUT2D eigenvalue weighted by Gasteiger charge is 2.14. The molecule has 0 radical (unpaired) electrons. The molecule has 84 valence electrons. The minimum atomic E-state index is 0.668. The fraction of sp³-hybridized carbons (Fsp3) is 0.571. The maximum absolute atomic E-state index is 3.64. The summed E-state index contributed by atoms with van der Waals surface area (Å²) in [5.74, 6) is 1.48. The van der Waals surface area contributed by atoms with Crippen molar-refractivity contribution in [2.75, 3.05) is 5.33 Å². The van der Waals surface area contributed by atoms with Crippen LogP contribution in [0.4, 0.5) is 0 Å². The van der Waals surface area contributed by atoms with E-state index in [2.05, 4.69) is 61.0 Å². The van der Waals surface area contributed by atoms with Crippen molar-refractivity contribution < 1.29 is 0 Å². The van der Waals surface area contributed by atoms with Crippen LogP contribution in [-0.2, 0) is 0 Å². The number of hydrogen-bond donors (Lipinski definition) is 0. The molecule has 1 rings (SSSR count). The van der Waals surface area contributed by atoms with Crippen LogP contribution in [0.25, 0.3) is 0 Å². The molecule has 0 N–H and O–H groups in total. The molecule has 2 atom stereocenters. The maximum atomic E-state index is 3.64. The highest BCUT2D eigenvalue weighted by molar-refractivity contribution is 9.09. The van der Waals surface area contributed by atoms with Gasteiger partial charge in [0.2, 0.25) is 0 Å². The molecule has 15 heavy (non-hydrogen) atoms. The zero-order chi connectivity index (χ0) is 11.3. The molecule has 0 amide bonds. The van der Waals surface area contributed by atoms with E-state index in [0.29, 0.717) is 5.92 Å². The van der Waals surface area contributed by atoms with Gasteiger partial charge in [0.05, 0.1) is 0 Å². The zero-order valence-corrected chi connectivity index (χ0v) is 11.5. The van der Waals surface area contributed by atoms with Crippen LogP contribution in [-0.4, -0.2) is 5.33 Å². The normalized spacial score (nSPS) is 14.9. The van der Waals surface area contributed by atoms with Crippen LogP contribution in [0, 0.1) is 12.8 Å². The molecule has 0 fully saturated rings. The van der Waals surface area contributed by atoms with Crippen molar-refractivity contribution >= 4 is 15.9 Å². The second-order valence-electron chi connectivity index (χ2n) is 4.46. The molecule has 0 bridgehead atoms. The zero-order valence-electron chi connectivity index (χ0n) is 9.96. The van der Waals surface area contributed by atoms with Gasteiger partial charge in [-0.2, -0.15) is 0 Å². The van der Waals surface area contributed by atoms with Crippen molar-refractivity contribution in [3.63, 3.8) is 0 Å². The number of hydrogen-bond acceptors (Lipinski definition) is 0. The quantitative estimate of drug-likeness (QED) is 0.666. The summed E-state index contributed by atoms with van der Waals surface area (Å²) in [5.41, 5.74) is 2.93. The Morgan fingerprint density at radius 2 is 1.93 bits per heavy atom. The van der Waals surface area contributed by atoms with E-state index >= 15 is 0 Å². The Bertz CT molecular complexity index is 293. The van der Waals surface area contributed by atoms with Crippen molar-refractivity contribution in [2.24, 2.45) is 5.92 Å². The summed E-state index contributed by atoms with van der Waals surface area (Å²) in [7, 11) is 0. The first-order valence-corrected chi connectivity index (χ1v) is 6.92. The lowest BCUT2D eigenvalue weighted by Gasteiger charge is -2.20. The molecule has 1 heteroatoms. The Kier molecular flexibility index (Phi) is 5.38. The second-order valence-corrected chi connectivity index (χ2v) is 5.10. The monoisotopic (exact) mass is 268 g/mol. The van der Waals surface area contributed by atoms with Gasteiger partial charge in [-0.25, -0.2) is 0 Å². The molecule has 0 aromatic heterocycles. The standard InChI is InChI=1S/C14H21Br/c1-4-11(2)9-13(10-15)14-8-6-5-7-12(14)3/h5-8,11,13H,4,9-10H2,1-3H3. The molecule has 1 aromatic rings. The Labute approximate surface area is 102 Å². The summed E-state index contributed by atoms with van der Waals surface area (Å²) in [6.45, 7) is 6.82. The molecular formula is C14H21Br. The van der Waals surface area contributed by atoms with E-state index in [1.54, 1.807) is 0 Å². The van der Waals surface area contributed by atoms with E-state index in [4.69, 9.17) is 0 Å².